The molecule has 1 N–H and O–H groups in total. The zero-order valence-electron chi connectivity index (χ0n) is 14.6. The van der Waals surface area contributed by atoms with E-state index in [1.54, 1.807) is 25.1 Å². The molecule has 26 heavy (non-hydrogen) atoms. The fourth-order valence-electron chi connectivity index (χ4n) is 2.92. The van der Waals surface area contributed by atoms with Crippen molar-refractivity contribution in [3.8, 4) is 5.75 Å². The molecule has 140 valence electrons. The molecule has 0 radical (unpaired) electrons. The second-order valence-corrected chi connectivity index (χ2v) is 8.14. The molecule has 0 saturated carbocycles. The van der Waals surface area contributed by atoms with Crippen LogP contribution in [0.15, 0.2) is 39.8 Å². The summed E-state index contributed by atoms with van der Waals surface area (Å²) in [6, 6.07) is 7.84. The number of rotatable bonds is 5. The van der Waals surface area contributed by atoms with Crippen molar-refractivity contribution in [2.24, 2.45) is 5.92 Å². The molecule has 0 bridgehead atoms. The Morgan fingerprint density at radius 3 is 2.69 bits per heavy atom. The van der Waals surface area contributed by atoms with Gasteiger partial charge < -0.3 is 9.26 Å². The highest BCUT2D eigenvalue weighted by Crippen LogP contribution is 2.26. The number of nitrogens with one attached hydrogen (secondary N) is 1. The maximum Gasteiger partial charge on any atom is 0.243 e. The van der Waals surface area contributed by atoms with Gasteiger partial charge in [-0.2, -0.15) is 4.31 Å². The Morgan fingerprint density at radius 2 is 2.08 bits per heavy atom. The van der Waals surface area contributed by atoms with Crippen LogP contribution in [-0.4, -0.2) is 44.0 Å². The van der Waals surface area contributed by atoms with Gasteiger partial charge in [0.2, 0.25) is 21.8 Å². The van der Waals surface area contributed by atoms with Crippen molar-refractivity contribution >= 4 is 21.8 Å². The molecule has 2 aromatic rings. The molecule has 0 aliphatic carbocycles. The lowest BCUT2D eigenvalue weighted by Crippen LogP contribution is -2.43. The quantitative estimate of drug-likeness (QED) is 0.853. The van der Waals surface area contributed by atoms with E-state index in [1.165, 1.54) is 23.5 Å². The molecule has 2 heterocycles. The van der Waals surface area contributed by atoms with Gasteiger partial charge in [-0.15, -0.1) is 0 Å². The van der Waals surface area contributed by atoms with Crippen LogP contribution in [0, 0.1) is 12.8 Å². The van der Waals surface area contributed by atoms with Crippen LogP contribution >= 0.6 is 0 Å². The number of nitrogens with zero attached hydrogens (tertiary/aromatic N) is 2. The molecule has 1 aromatic carbocycles. The zero-order valence-corrected chi connectivity index (χ0v) is 15.5. The van der Waals surface area contributed by atoms with Crippen LogP contribution in [0.1, 0.15) is 18.5 Å². The molecule has 3 rings (SSSR count). The number of hydrogen-bond acceptors (Lipinski definition) is 6. The Labute approximate surface area is 152 Å². The summed E-state index contributed by atoms with van der Waals surface area (Å²) < 4.78 is 37.1. The Kier molecular flexibility index (Phi) is 5.28. The predicted octanol–water partition coefficient (Wildman–Crippen LogP) is 2.03. The monoisotopic (exact) mass is 379 g/mol. The van der Waals surface area contributed by atoms with E-state index < -0.39 is 15.9 Å². The number of sulfonamides is 1. The molecule has 0 spiro atoms. The van der Waals surface area contributed by atoms with E-state index in [0.717, 1.165) is 0 Å². The van der Waals surface area contributed by atoms with Crippen molar-refractivity contribution in [3.05, 3.63) is 36.0 Å². The zero-order chi connectivity index (χ0) is 18.7. The molecule has 1 fully saturated rings. The van der Waals surface area contributed by atoms with Gasteiger partial charge in [0.05, 0.1) is 23.6 Å². The van der Waals surface area contributed by atoms with Crippen LogP contribution in [0.5, 0.6) is 5.75 Å². The van der Waals surface area contributed by atoms with E-state index in [2.05, 4.69) is 10.5 Å². The summed E-state index contributed by atoms with van der Waals surface area (Å²) in [5.74, 6) is 0.141. The maximum absolute atomic E-state index is 12.8. The van der Waals surface area contributed by atoms with Crippen LogP contribution in [0.4, 0.5) is 5.88 Å². The third-order valence-electron chi connectivity index (χ3n) is 4.33. The number of ether oxygens (including phenoxy) is 1. The molecule has 9 heteroatoms. The number of amides is 1. The standard InChI is InChI=1S/C17H21N3O5S/c1-12-10-16(25-19-12)18-17(21)13-4-3-9-20(11-13)26(22,23)15-7-5-14(24-2)6-8-15/h5-8,10,13H,3-4,9,11H2,1-2H3,(H,18,21)/t13-/m0/s1. The first-order chi connectivity index (χ1) is 12.4. The Morgan fingerprint density at radius 1 is 1.35 bits per heavy atom. The van der Waals surface area contributed by atoms with Crippen LogP contribution in [0.3, 0.4) is 0 Å². The molecule has 1 amide bonds. The SMILES string of the molecule is COc1ccc(S(=O)(=O)N2CCC[C@H](C(=O)Nc3cc(C)no3)C2)cc1. The van der Waals surface area contributed by atoms with Crippen molar-refractivity contribution in [1.29, 1.82) is 0 Å². The van der Waals surface area contributed by atoms with Gasteiger partial charge in [-0.3, -0.25) is 10.1 Å². The molecule has 8 nitrogen and oxygen atoms in total. The summed E-state index contributed by atoms with van der Waals surface area (Å²) in [6.45, 7) is 2.27. The van der Waals surface area contributed by atoms with E-state index in [1.807, 2.05) is 0 Å². The number of carbonyl (C=O) groups is 1. The van der Waals surface area contributed by atoms with E-state index in [4.69, 9.17) is 9.26 Å². The fourth-order valence-corrected chi connectivity index (χ4v) is 4.44. The first kappa shape index (κ1) is 18.4. The van der Waals surface area contributed by atoms with Crippen molar-refractivity contribution < 1.29 is 22.5 Å². The minimum atomic E-state index is -3.66. The molecular formula is C17H21N3O5S. The smallest absolute Gasteiger partial charge is 0.243 e. The number of aryl methyl sites for hydroxylation is 1. The lowest BCUT2D eigenvalue weighted by atomic mass is 9.99. The highest BCUT2D eigenvalue weighted by atomic mass is 32.2. The molecule has 0 unspecified atom stereocenters. The minimum absolute atomic E-state index is 0.132. The van der Waals surface area contributed by atoms with E-state index in [-0.39, 0.29) is 23.2 Å². The van der Waals surface area contributed by atoms with Gasteiger partial charge in [-0.25, -0.2) is 8.42 Å². The summed E-state index contributed by atoms with van der Waals surface area (Å²) in [5, 5.41) is 6.37. The summed E-state index contributed by atoms with van der Waals surface area (Å²) >= 11 is 0. The lowest BCUT2D eigenvalue weighted by Gasteiger charge is -2.31. The Hall–Kier alpha value is -2.39. The predicted molar refractivity (Wildman–Crippen MR) is 94.3 cm³/mol. The number of benzene rings is 1. The maximum atomic E-state index is 12.8. The third-order valence-corrected chi connectivity index (χ3v) is 6.21. The first-order valence-corrected chi connectivity index (χ1v) is 9.72. The topological polar surface area (TPSA) is 102 Å². The lowest BCUT2D eigenvalue weighted by molar-refractivity contribution is -0.121. The molecule has 1 aliphatic rings. The van der Waals surface area contributed by atoms with Crippen LogP contribution in [0.2, 0.25) is 0 Å². The summed E-state index contributed by atoms with van der Waals surface area (Å²) in [5.41, 5.74) is 0.660. The number of hydrogen-bond donors (Lipinski definition) is 1. The van der Waals surface area contributed by atoms with Gasteiger partial charge in [0, 0.05) is 19.2 Å². The number of carbonyl (C=O) groups excluding carboxylic acids is 1. The summed E-state index contributed by atoms with van der Waals surface area (Å²) in [4.78, 5) is 12.6. The van der Waals surface area contributed by atoms with Crippen molar-refractivity contribution in [1.82, 2.24) is 9.46 Å². The summed E-state index contributed by atoms with van der Waals surface area (Å²) in [7, 11) is -2.14. The third kappa shape index (κ3) is 3.88. The van der Waals surface area contributed by atoms with E-state index in [9.17, 15) is 13.2 Å². The first-order valence-electron chi connectivity index (χ1n) is 8.28. The molecule has 1 atom stereocenters. The van der Waals surface area contributed by atoms with Gasteiger partial charge in [0.15, 0.2) is 0 Å². The van der Waals surface area contributed by atoms with Gasteiger partial charge in [0.1, 0.15) is 5.75 Å². The number of piperidine rings is 1. The minimum Gasteiger partial charge on any atom is -0.497 e. The van der Waals surface area contributed by atoms with Gasteiger partial charge in [-0.05, 0) is 44.0 Å². The van der Waals surface area contributed by atoms with Crippen molar-refractivity contribution in [2.45, 2.75) is 24.7 Å². The fraction of sp³-hybridized carbons (Fsp3) is 0.412. The molecule has 1 aromatic heterocycles. The second kappa shape index (κ2) is 7.46. The Bertz CT molecular complexity index is 876. The van der Waals surface area contributed by atoms with Crippen molar-refractivity contribution in [2.75, 3.05) is 25.5 Å². The Balaban J connectivity index is 1.71. The van der Waals surface area contributed by atoms with Crippen LogP contribution in [0.25, 0.3) is 0 Å². The average molecular weight is 379 g/mol. The highest BCUT2D eigenvalue weighted by Gasteiger charge is 2.33. The normalized spacial score (nSPS) is 18.5. The van der Waals surface area contributed by atoms with Crippen LogP contribution < -0.4 is 10.1 Å². The highest BCUT2D eigenvalue weighted by molar-refractivity contribution is 7.89. The number of aromatic nitrogens is 1. The van der Waals surface area contributed by atoms with Gasteiger partial charge >= 0.3 is 0 Å². The molecule has 1 saturated heterocycles. The second-order valence-electron chi connectivity index (χ2n) is 6.20. The molecular weight excluding hydrogens is 358 g/mol. The number of anilines is 1. The average Bonchev–Trinajstić information content (AvgIpc) is 3.06. The summed E-state index contributed by atoms with van der Waals surface area (Å²) in [6.07, 6.45) is 1.23. The molecule has 1 aliphatic heterocycles. The van der Waals surface area contributed by atoms with Crippen LogP contribution in [-0.2, 0) is 14.8 Å². The van der Waals surface area contributed by atoms with Gasteiger partial charge in [0.25, 0.3) is 0 Å². The van der Waals surface area contributed by atoms with Crippen molar-refractivity contribution in [3.63, 3.8) is 0 Å². The van der Waals surface area contributed by atoms with E-state index >= 15 is 0 Å². The van der Waals surface area contributed by atoms with E-state index in [0.29, 0.717) is 30.8 Å². The van der Waals surface area contributed by atoms with Gasteiger partial charge in [-0.1, -0.05) is 5.16 Å². The largest absolute Gasteiger partial charge is 0.497 e. The number of methoxy groups -OCH3 is 1.